The molecule has 3 aromatic carbocycles. The molecular weight excluding hydrogens is 457 g/mol. The van der Waals surface area contributed by atoms with Gasteiger partial charge in [-0.3, -0.25) is 14.9 Å². The molecule has 0 radical (unpaired) electrons. The van der Waals surface area contributed by atoms with E-state index in [1.165, 1.54) is 37.6 Å². The van der Waals surface area contributed by atoms with E-state index in [1.54, 1.807) is 36.4 Å². The monoisotopic (exact) mass is 473 g/mol. The van der Waals surface area contributed by atoms with Gasteiger partial charge in [0, 0.05) is 33.3 Å². The molecule has 8 nitrogen and oxygen atoms in total. The number of nitro groups is 1. The highest BCUT2D eigenvalue weighted by molar-refractivity contribution is 6.35. The van der Waals surface area contributed by atoms with Crippen LogP contribution in [0.25, 0.3) is 0 Å². The van der Waals surface area contributed by atoms with Crippen molar-refractivity contribution in [3.05, 3.63) is 97.5 Å². The average molecular weight is 474 g/mol. The molecule has 0 bridgehead atoms. The van der Waals surface area contributed by atoms with Crippen molar-refractivity contribution in [1.82, 2.24) is 5.43 Å². The highest BCUT2D eigenvalue weighted by atomic mass is 35.5. The lowest BCUT2D eigenvalue weighted by Gasteiger charge is -2.13. The number of halogens is 2. The zero-order valence-electron chi connectivity index (χ0n) is 16.7. The summed E-state index contributed by atoms with van der Waals surface area (Å²) in [5.74, 6) is 0.340. The minimum atomic E-state index is -0.580. The van der Waals surface area contributed by atoms with Gasteiger partial charge in [0.1, 0.15) is 6.61 Å². The number of benzene rings is 3. The van der Waals surface area contributed by atoms with Crippen LogP contribution in [0.3, 0.4) is 0 Å². The molecule has 0 spiro atoms. The topological polar surface area (TPSA) is 103 Å². The number of amides is 1. The number of nitro benzene ring substituents is 1. The van der Waals surface area contributed by atoms with Gasteiger partial charge in [-0.1, -0.05) is 35.3 Å². The summed E-state index contributed by atoms with van der Waals surface area (Å²) < 4.78 is 11.2. The maximum absolute atomic E-state index is 12.2. The van der Waals surface area contributed by atoms with E-state index in [1.807, 2.05) is 0 Å². The first kappa shape index (κ1) is 23.1. The number of carbonyl (C=O) groups is 1. The summed E-state index contributed by atoms with van der Waals surface area (Å²) >= 11 is 12.4. The van der Waals surface area contributed by atoms with Crippen LogP contribution in [0.1, 0.15) is 21.5 Å². The molecule has 0 saturated heterocycles. The van der Waals surface area contributed by atoms with Gasteiger partial charge in [0.05, 0.1) is 18.2 Å². The molecule has 1 N–H and O–H groups in total. The van der Waals surface area contributed by atoms with Crippen molar-refractivity contribution in [2.24, 2.45) is 5.10 Å². The molecular formula is C22H17Cl2N3O5. The molecule has 0 heterocycles. The summed E-state index contributed by atoms with van der Waals surface area (Å²) in [6.45, 7) is 0.124. The third-order valence-corrected chi connectivity index (χ3v) is 5.03. The van der Waals surface area contributed by atoms with Gasteiger partial charge in [0.2, 0.25) is 0 Å². The molecule has 3 aromatic rings. The third-order valence-electron chi connectivity index (χ3n) is 4.32. The minimum absolute atomic E-state index is 0.117. The number of hydrazone groups is 1. The van der Waals surface area contributed by atoms with Gasteiger partial charge in [-0.2, -0.15) is 5.10 Å². The fourth-order valence-corrected chi connectivity index (χ4v) is 3.20. The van der Waals surface area contributed by atoms with Crippen molar-refractivity contribution in [1.29, 1.82) is 0 Å². The largest absolute Gasteiger partial charge is 0.493 e. The highest BCUT2D eigenvalue weighted by Gasteiger charge is 2.12. The van der Waals surface area contributed by atoms with Crippen molar-refractivity contribution in [3.63, 3.8) is 0 Å². The summed E-state index contributed by atoms with van der Waals surface area (Å²) in [7, 11) is 1.51. The van der Waals surface area contributed by atoms with Crippen LogP contribution in [0, 0.1) is 10.1 Å². The molecule has 0 aliphatic heterocycles. The molecule has 164 valence electrons. The van der Waals surface area contributed by atoms with Gasteiger partial charge in [-0.25, -0.2) is 5.43 Å². The molecule has 0 unspecified atom stereocenters. The standard InChI is InChI=1S/C22H17Cl2N3O5/c1-31-20-9-8-14(10-21(20)32-13-17-18(23)6-3-7-19(17)24)12-25-26-22(28)15-4-2-5-16(11-15)27(29)30/h2-12H,13H2,1H3,(H,26,28)/b25-12-. The Kier molecular flexibility index (Phi) is 7.64. The van der Waals surface area contributed by atoms with E-state index in [2.05, 4.69) is 10.5 Å². The lowest BCUT2D eigenvalue weighted by Crippen LogP contribution is -2.17. The molecule has 0 atom stereocenters. The van der Waals surface area contributed by atoms with E-state index in [-0.39, 0.29) is 17.9 Å². The van der Waals surface area contributed by atoms with Crippen molar-refractivity contribution < 1.29 is 19.2 Å². The maximum atomic E-state index is 12.2. The second kappa shape index (κ2) is 10.6. The number of nitrogens with one attached hydrogen (secondary N) is 1. The van der Waals surface area contributed by atoms with E-state index in [0.29, 0.717) is 32.7 Å². The Bertz CT molecular complexity index is 1160. The van der Waals surface area contributed by atoms with E-state index in [0.717, 1.165) is 0 Å². The second-order valence-corrected chi connectivity index (χ2v) is 7.22. The van der Waals surface area contributed by atoms with E-state index in [4.69, 9.17) is 32.7 Å². The number of nitrogens with zero attached hydrogens (tertiary/aromatic N) is 2. The smallest absolute Gasteiger partial charge is 0.271 e. The van der Waals surface area contributed by atoms with Crippen molar-refractivity contribution in [2.75, 3.05) is 7.11 Å². The predicted octanol–water partition coefficient (Wildman–Crippen LogP) is 5.25. The van der Waals surface area contributed by atoms with Crippen LogP contribution in [-0.2, 0) is 6.61 Å². The molecule has 0 saturated carbocycles. The van der Waals surface area contributed by atoms with Crippen LogP contribution in [-0.4, -0.2) is 24.2 Å². The Morgan fingerprint density at radius 3 is 2.50 bits per heavy atom. The van der Waals surface area contributed by atoms with E-state index in [9.17, 15) is 14.9 Å². The Morgan fingerprint density at radius 2 is 1.81 bits per heavy atom. The number of hydrogen-bond donors (Lipinski definition) is 1. The van der Waals surface area contributed by atoms with Gasteiger partial charge in [-0.15, -0.1) is 0 Å². The molecule has 0 aliphatic rings. The van der Waals surface area contributed by atoms with Crippen LogP contribution in [0.5, 0.6) is 11.5 Å². The number of rotatable bonds is 8. The zero-order valence-corrected chi connectivity index (χ0v) is 18.3. The summed E-state index contributed by atoms with van der Waals surface area (Å²) in [5, 5.41) is 15.7. The third kappa shape index (κ3) is 5.75. The normalized spacial score (nSPS) is 10.7. The maximum Gasteiger partial charge on any atom is 0.271 e. The minimum Gasteiger partial charge on any atom is -0.493 e. The number of non-ortho nitro benzene ring substituents is 1. The van der Waals surface area contributed by atoms with Crippen LogP contribution >= 0.6 is 23.2 Å². The molecule has 0 fully saturated rings. The quantitative estimate of drug-likeness (QED) is 0.273. The van der Waals surface area contributed by atoms with Crippen molar-refractivity contribution in [3.8, 4) is 11.5 Å². The van der Waals surface area contributed by atoms with Crippen LogP contribution < -0.4 is 14.9 Å². The SMILES string of the molecule is COc1ccc(/C=N\NC(=O)c2cccc([N+](=O)[O-])c2)cc1OCc1c(Cl)cccc1Cl. The average Bonchev–Trinajstić information content (AvgIpc) is 2.79. The summed E-state index contributed by atoms with van der Waals surface area (Å²) in [6.07, 6.45) is 1.41. The van der Waals surface area contributed by atoms with Crippen LogP contribution in [0.15, 0.2) is 65.8 Å². The van der Waals surface area contributed by atoms with Gasteiger partial charge < -0.3 is 9.47 Å². The number of carbonyl (C=O) groups excluding carboxylic acids is 1. The predicted molar refractivity (Wildman–Crippen MR) is 122 cm³/mol. The first-order chi connectivity index (χ1) is 15.4. The summed E-state index contributed by atoms with van der Waals surface area (Å²) in [4.78, 5) is 22.5. The van der Waals surface area contributed by atoms with Crippen molar-refractivity contribution >= 4 is 41.0 Å². The first-order valence-corrected chi connectivity index (χ1v) is 9.96. The lowest BCUT2D eigenvalue weighted by molar-refractivity contribution is -0.384. The fourth-order valence-electron chi connectivity index (χ4n) is 2.70. The van der Waals surface area contributed by atoms with Crippen LogP contribution in [0.4, 0.5) is 5.69 Å². The summed E-state index contributed by atoms with van der Waals surface area (Å²) in [6, 6.07) is 15.6. The van der Waals surface area contributed by atoms with E-state index >= 15 is 0 Å². The van der Waals surface area contributed by atoms with Gasteiger partial charge in [-0.05, 0) is 42.0 Å². The Labute approximate surface area is 193 Å². The Hall–Kier alpha value is -3.62. The highest BCUT2D eigenvalue weighted by Crippen LogP contribution is 2.31. The number of methoxy groups -OCH3 is 1. The van der Waals surface area contributed by atoms with Crippen LogP contribution in [0.2, 0.25) is 10.0 Å². The summed E-state index contributed by atoms with van der Waals surface area (Å²) in [5.41, 5.74) is 3.53. The van der Waals surface area contributed by atoms with Gasteiger partial charge in [0.25, 0.3) is 11.6 Å². The molecule has 0 aliphatic carbocycles. The second-order valence-electron chi connectivity index (χ2n) is 6.41. The van der Waals surface area contributed by atoms with Gasteiger partial charge >= 0.3 is 0 Å². The Morgan fingerprint density at radius 1 is 1.09 bits per heavy atom. The fraction of sp³-hybridized carbons (Fsp3) is 0.0909. The van der Waals surface area contributed by atoms with Gasteiger partial charge in [0.15, 0.2) is 11.5 Å². The Balaban J connectivity index is 1.70. The number of hydrogen-bond acceptors (Lipinski definition) is 6. The molecule has 10 heteroatoms. The molecule has 0 aromatic heterocycles. The molecule has 3 rings (SSSR count). The zero-order chi connectivity index (χ0) is 23.1. The molecule has 32 heavy (non-hydrogen) atoms. The lowest BCUT2D eigenvalue weighted by atomic mass is 10.2. The number of ether oxygens (including phenoxy) is 2. The first-order valence-electron chi connectivity index (χ1n) is 9.20. The van der Waals surface area contributed by atoms with Crippen molar-refractivity contribution in [2.45, 2.75) is 6.61 Å². The molecule has 1 amide bonds. The van der Waals surface area contributed by atoms with E-state index < -0.39 is 10.8 Å².